The maximum atomic E-state index is 2.45. The van der Waals surface area contributed by atoms with Crippen molar-refractivity contribution < 1.29 is 0 Å². The van der Waals surface area contributed by atoms with Crippen LogP contribution in [-0.4, -0.2) is 24.5 Å². The van der Waals surface area contributed by atoms with Gasteiger partial charge in [0.25, 0.3) is 0 Å². The molecule has 0 bridgehead atoms. The van der Waals surface area contributed by atoms with E-state index < -0.39 is 0 Å². The third-order valence-electron chi connectivity index (χ3n) is 2.81. The number of hydrogen-bond acceptors (Lipinski definition) is 1. The molecule has 1 nitrogen and oxygen atoms in total. The molecule has 0 radical (unpaired) electrons. The van der Waals surface area contributed by atoms with E-state index in [1.807, 2.05) is 0 Å². The molecule has 0 aliphatic rings. The van der Waals surface area contributed by atoms with Gasteiger partial charge in [-0.2, -0.15) is 0 Å². The summed E-state index contributed by atoms with van der Waals surface area (Å²) in [7, 11) is 2.23. The first kappa shape index (κ1) is 13.0. The second-order valence-corrected chi connectivity index (χ2v) is 4.94. The first-order valence-corrected chi connectivity index (χ1v) is 5.67. The maximum Gasteiger partial charge on any atom is 0.00356 e. The fourth-order valence-electron chi connectivity index (χ4n) is 1.66. The molecule has 0 saturated heterocycles. The zero-order valence-electron chi connectivity index (χ0n) is 10.3. The second-order valence-electron chi connectivity index (χ2n) is 4.94. The van der Waals surface area contributed by atoms with E-state index in [0.29, 0.717) is 6.04 Å². The molecular formula is C12H27N. The van der Waals surface area contributed by atoms with Crippen LogP contribution in [0.15, 0.2) is 0 Å². The van der Waals surface area contributed by atoms with Gasteiger partial charge in [0.05, 0.1) is 0 Å². The Bertz CT molecular complexity index is 118. The Hall–Kier alpha value is -0.0400. The van der Waals surface area contributed by atoms with Crippen LogP contribution >= 0.6 is 0 Å². The first-order valence-electron chi connectivity index (χ1n) is 5.67. The van der Waals surface area contributed by atoms with Crippen molar-refractivity contribution in [2.75, 3.05) is 13.6 Å². The van der Waals surface area contributed by atoms with E-state index in [1.54, 1.807) is 0 Å². The van der Waals surface area contributed by atoms with Gasteiger partial charge in [0.1, 0.15) is 0 Å². The van der Waals surface area contributed by atoms with Gasteiger partial charge in [-0.1, -0.05) is 27.2 Å². The van der Waals surface area contributed by atoms with Crippen LogP contribution in [-0.2, 0) is 0 Å². The predicted octanol–water partition coefficient (Wildman–Crippen LogP) is 3.40. The molecule has 0 amide bonds. The Morgan fingerprint density at radius 2 is 1.62 bits per heavy atom. The highest BCUT2D eigenvalue weighted by atomic mass is 15.1. The Labute approximate surface area is 84.5 Å². The van der Waals surface area contributed by atoms with E-state index >= 15 is 0 Å². The zero-order valence-corrected chi connectivity index (χ0v) is 10.3. The average molecular weight is 185 g/mol. The lowest BCUT2D eigenvalue weighted by molar-refractivity contribution is 0.210. The summed E-state index contributed by atoms with van der Waals surface area (Å²) in [6.07, 6.45) is 2.68. The fourth-order valence-corrected chi connectivity index (χ4v) is 1.66. The minimum absolute atomic E-state index is 0.682. The Morgan fingerprint density at radius 3 is 1.92 bits per heavy atom. The van der Waals surface area contributed by atoms with Crippen molar-refractivity contribution in [3.63, 3.8) is 0 Å². The lowest BCUT2D eigenvalue weighted by Crippen LogP contribution is -2.32. The van der Waals surface area contributed by atoms with Crippen molar-refractivity contribution in [3.05, 3.63) is 0 Å². The summed E-state index contributed by atoms with van der Waals surface area (Å²) in [5.74, 6) is 1.72. The van der Waals surface area contributed by atoms with Crippen LogP contribution < -0.4 is 0 Å². The van der Waals surface area contributed by atoms with Crippen LogP contribution in [0.5, 0.6) is 0 Å². The van der Waals surface area contributed by atoms with Gasteiger partial charge in [0.2, 0.25) is 0 Å². The fraction of sp³-hybridized carbons (Fsp3) is 1.00. The van der Waals surface area contributed by atoms with Gasteiger partial charge in [-0.15, -0.1) is 0 Å². The van der Waals surface area contributed by atoms with E-state index in [1.165, 1.54) is 19.4 Å². The molecule has 0 rings (SSSR count). The number of nitrogens with zero attached hydrogens (tertiary/aromatic N) is 1. The van der Waals surface area contributed by atoms with Gasteiger partial charge in [0, 0.05) is 12.6 Å². The van der Waals surface area contributed by atoms with Crippen LogP contribution in [0.1, 0.15) is 47.5 Å². The van der Waals surface area contributed by atoms with Crippen LogP contribution in [0.3, 0.4) is 0 Å². The molecule has 0 fully saturated rings. The van der Waals surface area contributed by atoms with Gasteiger partial charge in [0.15, 0.2) is 0 Å². The summed E-state index contributed by atoms with van der Waals surface area (Å²) in [4.78, 5) is 2.45. The Balaban J connectivity index is 3.83. The van der Waals surface area contributed by atoms with E-state index in [9.17, 15) is 0 Å². The maximum absolute atomic E-state index is 2.45. The lowest BCUT2D eigenvalue weighted by Gasteiger charge is -2.27. The van der Waals surface area contributed by atoms with Crippen LogP contribution in [0.4, 0.5) is 0 Å². The average Bonchev–Trinajstić information content (AvgIpc) is 2.02. The molecule has 13 heavy (non-hydrogen) atoms. The molecule has 0 aromatic heterocycles. The molecule has 0 aromatic rings. The summed E-state index contributed by atoms with van der Waals surface area (Å²) in [6.45, 7) is 12.7. The first-order chi connectivity index (χ1) is 5.97. The summed E-state index contributed by atoms with van der Waals surface area (Å²) in [6, 6.07) is 0.682. The molecule has 0 spiro atoms. The molecule has 0 N–H and O–H groups in total. The zero-order chi connectivity index (χ0) is 10.4. The summed E-state index contributed by atoms with van der Waals surface area (Å²) in [5.41, 5.74) is 0. The SMILES string of the molecule is CCC(CC(C)C)CN(C)C(C)C. The topological polar surface area (TPSA) is 3.24 Å². The van der Waals surface area contributed by atoms with E-state index in [2.05, 4.69) is 46.6 Å². The van der Waals surface area contributed by atoms with Crippen LogP contribution in [0.2, 0.25) is 0 Å². The number of hydrogen-bond donors (Lipinski definition) is 0. The summed E-state index contributed by atoms with van der Waals surface area (Å²) in [5, 5.41) is 0. The van der Waals surface area contributed by atoms with Gasteiger partial charge < -0.3 is 4.90 Å². The van der Waals surface area contributed by atoms with Crippen molar-refractivity contribution >= 4 is 0 Å². The molecule has 1 unspecified atom stereocenters. The highest BCUT2D eigenvalue weighted by Gasteiger charge is 2.12. The van der Waals surface area contributed by atoms with Gasteiger partial charge in [-0.25, -0.2) is 0 Å². The van der Waals surface area contributed by atoms with Crippen LogP contribution in [0.25, 0.3) is 0 Å². The molecule has 0 saturated carbocycles. The smallest absolute Gasteiger partial charge is 0.00356 e. The molecule has 1 heteroatoms. The molecule has 0 heterocycles. The standard InChI is InChI=1S/C12H27N/c1-7-12(8-10(2)3)9-13(6)11(4)5/h10-12H,7-9H2,1-6H3. The number of rotatable bonds is 6. The summed E-state index contributed by atoms with van der Waals surface area (Å²) >= 11 is 0. The highest BCUT2D eigenvalue weighted by Crippen LogP contribution is 2.16. The van der Waals surface area contributed by atoms with Crippen LogP contribution in [0, 0.1) is 11.8 Å². The normalized spacial score (nSPS) is 14.5. The molecule has 0 aliphatic carbocycles. The quantitative estimate of drug-likeness (QED) is 0.613. The van der Waals surface area contributed by atoms with E-state index in [4.69, 9.17) is 0 Å². The monoisotopic (exact) mass is 185 g/mol. The lowest BCUT2D eigenvalue weighted by atomic mass is 9.94. The second kappa shape index (κ2) is 6.42. The van der Waals surface area contributed by atoms with Crippen molar-refractivity contribution in [1.82, 2.24) is 4.90 Å². The predicted molar refractivity (Wildman–Crippen MR) is 61.0 cm³/mol. The molecule has 80 valence electrons. The van der Waals surface area contributed by atoms with Crippen molar-refractivity contribution in [2.24, 2.45) is 11.8 Å². The largest absolute Gasteiger partial charge is 0.304 e. The molecule has 0 aliphatic heterocycles. The molecular weight excluding hydrogens is 158 g/mol. The van der Waals surface area contributed by atoms with E-state index in [-0.39, 0.29) is 0 Å². The third kappa shape index (κ3) is 6.09. The minimum atomic E-state index is 0.682. The van der Waals surface area contributed by atoms with Gasteiger partial charge >= 0.3 is 0 Å². The Kier molecular flexibility index (Phi) is 6.40. The van der Waals surface area contributed by atoms with Gasteiger partial charge in [-0.3, -0.25) is 0 Å². The van der Waals surface area contributed by atoms with Crippen molar-refractivity contribution in [2.45, 2.75) is 53.5 Å². The third-order valence-corrected chi connectivity index (χ3v) is 2.81. The highest BCUT2D eigenvalue weighted by molar-refractivity contribution is 4.66. The van der Waals surface area contributed by atoms with Crippen molar-refractivity contribution in [3.8, 4) is 0 Å². The molecule has 1 atom stereocenters. The van der Waals surface area contributed by atoms with E-state index in [0.717, 1.165) is 11.8 Å². The molecule has 0 aromatic carbocycles. The summed E-state index contributed by atoms with van der Waals surface area (Å²) < 4.78 is 0. The Morgan fingerprint density at radius 1 is 1.08 bits per heavy atom. The van der Waals surface area contributed by atoms with Gasteiger partial charge in [-0.05, 0) is 39.2 Å². The minimum Gasteiger partial charge on any atom is -0.304 e. The van der Waals surface area contributed by atoms with Crippen molar-refractivity contribution in [1.29, 1.82) is 0 Å².